The number of unbranched alkanes of at least 4 members (excludes halogenated alkanes) is 11. The van der Waals surface area contributed by atoms with Crippen LogP contribution in [0.3, 0.4) is 0 Å². The molecule has 0 aromatic heterocycles. The summed E-state index contributed by atoms with van der Waals surface area (Å²) >= 11 is 0. The first-order valence-corrected chi connectivity index (χ1v) is 10.1. The van der Waals surface area contributed by atoms with Crippen LogP contribution in [0.1, 0.15) is 104 Å². The number of nitrogens with one attached hydrogen (secondary N) is 1. The Morgan fingerprint density at radius 3 is 1.88 bits per heavy atom. The van der Waals surface area contributed by atoms with Crippen LogP contribution in [0.5, 0.6) is 0 Å². The zero-order valence-corrected chi connectivity index (χ0v) is 16.1. The van der Waals surface area contributed by atoms with Gasteiger partial charge in [0, 0.05) is 6.42 Å². The molecule has 3 nitrogen and oxygen atoms in total. The molecule has 0 saturated carbocycles. The third-order valence-electron chi connectivity index (χ3n) is 4.26. The number of nitrogens with two attached hydrogens (primary N) is 1. The van der Waals surface area contributed by atoms with Crippen LogP contribution in [-0.4, -0.2) is 5.91 Å². The van der Waals surface area contributed by atoms with Crippen LogP contribution in [0.25, 0.3) is 0 Å². The summed E-state index contributed by atoms with van der Waals surface area (Å²) in [6, 6.07) is 0. The van der Waals surface area contributed by atoms with Gasteiger partial charge in [0.15, 0.2) is 0 Å². The average molecular weight is 337 g/mol. The van der Waals surface area contributed by atoms with Gasteiger partial charge in [-0.2, -0.15) is 0 Å². The minimum absolute atomic E-state index is 0.0308. The quantitative estimate of drug-likeness (QED) is 0.270. The molecular formula is C21H40N2O. The van der Waals surface area contributed by atoms with E-state index in [4.69, 9.17) is 5.73 Å². The predicted molar refractivity (Wildman–Crippen MR) is 106 cm³/mol. The van der Waals surface area contributed by atoms with E-state index in [1.807, 2.05) is 6.92 Å². The van der Waals surface area contributed by atoms with E-state index in [1.165, 1.54) is 70.6 Å². The van der Waals surface area contributed by atoms with Crippen molar-refractivity contribution in [2.24, 2.45) is 5.73 Å². The van der Waals surface area contributed by atoms with Gasteiger partial charge in [0.25, 0.3) is 0 Å². The molecular weight excluding hydrogens is 296 g/mol. The number of carbonyl (C=O) groups excluding carboxylic acids is 1. The molecule has 1 amide bonds. The lowest BCUT2D eigenvalue weighted by Gasteiger charge is -2.04. The molecule has 0 aliphatic carbocycles. The normalized spacial score (nSPS) is 12.0. The molecule has 0 unspecified atom stereocenters. The standard InChI is InChI=1S/C21H40N2O/c1-3-5-6-7-8-9-10-11-12-13-14-15-16-17-18-19-21(24)23-20(22)4-2/h4,11-12H,3,5-10,13-19,22H2,1-2H3,(H,23,24). The van der Waals surface area contributed by atoms with Crippen molar-refractivity contribution in [1.82, 2.24) is 5.32 Å². The second-order valence-corrected chi connectivity index (χ2v) is 6.63. The minimum Gasteiger partial charge on any atom is -0.385 e. The first kappa shape index (κ1) is 22.8. The maximum absolute atomic E-state index is 11.5. The van der Waals surface area contributed by atoms with Crippen molar-refractivity contribution in [3.63, 3.8) is 0 Å². The summed E-state index contributed by atoms with van der Waals surface area (Å²) in [4.78, 5) is 11.5. The molecule has 0 atom stereocenters. The van der Waals surface area contributed by atoms with Crippen LogP contribution in [0, 0.1) is 0 Å². The Morgan fingerprint density at radius 1 is 0.833 bits per heavy atom. The highest BCUT2D eigenvalue weighted by Crippen LogP contribution is 2.09. The number of carbonyl (C=O) groups is 1. The number of hydrogen-bond donors (Lipinski definition) is 2. The Labute approximate surface area is 150 Å². The molecule has 24 heavy (non-hydrogen) atoms. The van der Waals surface area contributed by atoms with Crippen molar-refractivity contribution < 1.29 is 4.79 Å². The van der Waals surface area contributed by atoms with E-state index < -0.39 is 0 Å². The monoisotopic (exact) mass is 336 g/mol. The highest BCUT2D eigenvalue weighted by Gasteiger charge is 2.00. The van der Waals surface area contributed by atoms with E-state index in [1.54, 1.807) is 6.08 Å². The van der Waals surface area contributed by atoms with Gasteiger partial charge in [-0.25, -0.2) is 0 Å². The third-order valence-corrected chi connectivity index (χ3v) is 4.26. The third kappa shape index (κ3) is 17.1. The lowest BCUT2D eigenvalue weighted by molar-refractivity contribution is -0.120. The van der Waals surface area contributed by atoms with E-state index in [-0.39, 0.29) is 5.91 Å². The second-order valence-electron chi connectivity index (χ2n) is 6.63. The minimum atomic E-state index is 0.0308. The molecule has 0 aliphatic rings. The molecule has 0 bridgehead atoms. The van der Waals surface area contributed by atoms with Gasteiger partial charge in [-0.3, -0.25) is 4.79 Å². The molecule has 0 aromatic carbocycles. The van der Waals surface area contributed by atoms with Gasteiger partial charge in [0.2, 0.25) is 5.91 Å². The van der Waals surface area contributed by atoms with E-state index in [0.29, 0.717) is 12.2 Å². The predicted octanol–water partition coefficient (Wildman–Crippen LogP) is 5.96. The Morgan fingerprint density at radius 2 is 1.33 bits per heavy atom. The molecule has 0 spiro atoms. The number of hydrogen-bond acceptors (Lipinski definition) is 2. The fourth-order valence-electron chi connectivity index (χ4n) is 2.65. The molecule has 140 valence electrons. The van der Waals surface area contributed by atoms with Gasteiger partial charge in [0.05, 0.1) is 5.82 Å². The highest BCUT2D eigenvalue weighted by atomic mass is 16.1. The fourth-order valence-corrected chi connectivity index (χ4v) is 2.65. The molecule has 0 aliphatic heterocycles. The fraction of sp³-hybridized carbons (Fsp3) is 0.762. The van der Waals surface area contributed by atoms with Crippen molar-refractivity contribution in [1.29, 1.82) is 0 Å². The first-order valence-electron chi connectivity index (χ1n) is 10.1. The van der Waals surface area contributed by atoms with Crippen molar-refractivity contribution >= 4 is 5.91 Å². The molecule has 0 fully saturated rings. The zero-order valence-electron chi connectivity index (χ0n) is 16.1. The van der Waals surface area contributed by atoms with E-state index >= 15 is 0 Å². The summed E-state index contributed by atoms with van der Waals surface area (Å²) in [7, 11) is 0. The summed E-state index contributed by atoms with van der Waals surface area (Å²) < 4.78 is 0. The van der Waals surface area contributed by atoms with Gasteiger partial charge in [0.1, 0.15) is 0 Å². The number of amides is 1. The molecule has 0 aromatic rings. The molecule has 0 rings (SSSR count). The molecule has 3 heteroatoms. The Hall–Kier alpha value is -1.25. The smallest absolute Gasteiger partial charge is 0.225 e. The van der Waals surface area contributed by atoms with E-state index in [0.717, 1.165) is 12.8 Å². The van der Waals surface area contributed by atoms with Gasteiger partial charge in [-0.15, -0.1) is 0 Å². The zero-order chi connectivity index (χ0) is 17.9. The van der Waals surface area contributed by atoms with Gasteiger partial charge >= 0.3 is 0 Å². The summed E-state index contributed by atoms with van der Waals surface area (Å²) in [5.41, 5.74) is 5.55. The maximum Gasteiger partial charge on any atom is 0.225 e. The Bertz CT molecular complexity index is 348. The van der Waals surface area contributed by atoms with Crippen LogP contribution in [-0.2, 0) is 4.79 Å². The van der Waals surface area contributed by atoms with Crippen LogP contribution < -0.4 is 11.1 Å². The molecule has 0 radical (unpaired) electrons. The summed E-state index contributed by atoms with van der Waals surface area (Å²) in [6.45, 7) is 4.08. The Balaban J connectivity index is 3.24. The second kappa shape index (κ2) is 18.1. The van der Waals surface area contributed by atoms with E-state index in [9.17, 15) is 4.79 Å². The lowest BCUT2D eigenvalue weighted by atomic mass is 10.1. The number of rotatable bonds is 16. The van der Waals surface area contributed by atoms with Crippen LogP contribution in [0.15, 0.2) is 24.0 Å². The van der Waals surface area contributed by atoms with E-state index in [2.05, 4.69) is 24.4 Å². The highest BCUT2D eigenvalue weighted by molar-refractivity contribution is 5.77. The SMILES string of the molecule is CC=C(N)NC(=O)CCCCCCCC=CCCCCCCCC. The molecule has 0 saturated heterocycles. The van der Waals surface area contributed by atoms with Crippen LogP contribution >= 0.6 is 0 Å². The summed E-state index contributed by atoms with van der Waals surface area (Å²) in [6.07, 6.45) is 23.5. The summed E-state index contributed by atoms with van der Waals surface area (Å²) in [5.74, 6) is 0.482. The molecule has 3 N–H and O–H groups in total. The van der Waals surface area contributed by atoms with Crippen LogP contribution in [0.2, 0.25) is 0 Å². The maximum atomic E-state index is 11.5. The van der Waals surface area contributed by atoms with Crippen molar-refractivity contribution in [2.75, 3.05) is 0 Å². The summed E-state index contributed by atoms with van der Waals surface area (Å²) in [5, 5.41) is 2.67. The van der Waals surface area contributed by atoms with Crippen molar-refractivity contribution in [3.8, 4) is 0 Å². The Kier molecular flexibility index (Phi) is 17.2. The van der Waals surface area contributed by atoms with Gasteiger partial charge in [-0.05, 0) is 45.1 Å². The van der Waals surface area contributed by atoms with Gasteiger partial charge < -0.3 is 11.1 Å². The average Bonchev–Trinajstić information content (AvgIpc) is 2.58. The van der Waals surface area contributed by atoms with Gasteiger partial charge in [-0.1, -0.05) is 70.4 Å². The molecule has 0 heterocycles. The van der Waals surface area contributed by atoms with Crippen LogP contribution in [0.4, 0.5) is 0 Å². The first-order chi connectivity index (χ1) is 11.7. The largest absolute Gasteiger partial charge is 0.385 e. The van der Waals surface area contributed by atoms with Crippen molar-refractivity contribution in [3.05, 3.63) is 24.0 Å². The van der Waals surface area contributed by atoms with Crippen molar-refractivity contribution in [2.45, 2.75) is 104 Å². The number of allylic oxidation sites excluding steroid dienone is 3. The topological polar surface area (TPSA) is 55.1 Å². The lowest BCUT2D eigenvalue weighted by Crippen LogP contribution is -2.26.